The smallest absolute Gasteiger partial charge is 0.344 e. The molecule has 142 valence electrons. The van der Waals surface area contributed by atoms with Gasteiger partial charge in [0.1, 0.15) is 5.82 Å². The Hall–Kier alpha value is -2.41. The van der Waals surface area contributed by atoms with Crippen molar-refractivity contribution >= 4 is 10.9 Å². The van der Waals surface area contributed by atoms with Crippen LogP contribution in [0, 0.1) is 5.82 Å². The van der Waals surface area contributed by atoms with E-state index in [-0.39, 0.29) is 5.82 Å². The molecular weight excluding hydrogens is 358 g/mol. The van der Waals surface area contributed by atoms with Crippen LogP contribution in [0.4, 0.5) is 17.6 Å². The lowest BCUT2D eigenvalue weighted by Crippen LogP contribution is -2.27. The highest BCUT2D eigenvalue weighted by Crippen LogP contribution is 2.36. The first-order valence-electron chi connectivity index (χ1n) is 8.82. The minimum atomic E-state index is -4.36. The number of pyridine rings is 1. The van der Waals surface area contributed by atoms with E-state index < -0.39 is 11.7 Å². The van der Waals surface area contributed by atoms with E-state index in [1.807, 2.05) is 7.05 Å². The van der Waals surface area contributed by atoms with Crippen molar-refractivity contribution in [3.63, 3.8) is 0 Å². The molecule has 2 aromatic heterocycles. The summed E-state index contributed by atoms with van der Waals surface area (Å²) in [6, 6.07) is 5.40. The second-order valence-electron chi connectivity index (χ2n) is 7.06. The standard InChI is InChI=1S/C20H19F4N3/c1-26-6-5-19-17(12-26)16-9-14(20(22,23)24)2-3-18(16)27(19)7-4-13-8-15(21)11-25-10-13/h2-3,8-11H,4-7,12H2,1H3. The number of alkyl halides is 3. The van der Waals surface area contributed by atoms with Crippen molar-refractivity contribution in [2.24, 2.45) is 0 Å². The van der Waals surface area contributed by atoms with E-state index in [1.165, 1.54) is 12.1 Å². The van der Waals surface area contributed by atoms with Crippen molar-refractivity contribution in [1.82, 2.24) is 14.5 Å². The molecular formula is C20H19F4N3. The molecule has 7 heteroatoms. The number of rotatable bonds is 3. The summed E-state index contributed by atoms with van der Waals surface area (Å²) < 4.78 is 55.0. The average Bonchev–Trinajstić information content (AvgIpc) is 2.92. The third-order valence-electron chi connectivity index (χ3n) is 5.16. The van der Waals surface area contributed by atoms with Crippen molar-refractivity contribution in [3.05, 3.63) is 64.9 Å². The van der Waals surface area contributed by atoms with Crippen LogP contribution in [0.15, 0.2) is 36.7 Å². The van der Waals surface area contributed by atoms with Crippen LogP contribution >= 0.6 is 0 Å². The number of fused-ring (bicyclic) bond motifs is 3. The molecule has 3 aromatic rings. The largest absolute Gasteiger partial charge is 0.416 e. The van der Waals surface area contributed by atoms with E-state index in [0.29, 0.717) is 24.9 Å². The number of hydrogen-bond acceptors (Lipinski definition) is 2. The Balaban J connectivity index is 1.77. The summed E-state index contributed by atoms with van der Waals surface area (Å²) in [6.07, 6.45) is -0.236. The summed E-state index contributed by atoms with van der Waals surface area (Å²) >= 11 is 0. The summed E-state index contributed by atoms with van der Waals surface area (Å²) in [5.74, 6) is -0.386. The maximum absolute atomic E-state index is 13.4. The lowest BCUT2D eigenvalue weighted by Gasteiger charge is -2.24. The second kappa shape index (κ2) is 6.64. The zero-order valence-corrected chi connectivity index (χ0v) is 14.9. The molecule has 3 heterocycles. The van der Waals surface area contributed by atoms with Gasteiger partial charge in [-0.25, -0.2) is 4.39 Å². The molecule has 0 atom stereocenters. The van der Waals surface area contributed by atoms with Crippen LogP contribution in [0.2, 0.25) is 0 Å². The van der Waals surface area contributed by atoms with Crippen molar-refractivity contribution in [3.8, 4) is 0 Å². The van der Waals surface area contributed by atoms with E-state index in [9.17, 15) is 17.6 Å². The van der Waals surface area contributed by atoms with Crippen LogP contribution in [0.5, 0.6) is 0 Å². The number of aryl methyl sites for hydroxylation is 2. The highest BCUT2D eigenvalue weighted by atomic mass is 19.4. The second-order valence-corrected chi connectivity index (χ2v) is 7.06. The quantitative estimate of drug-likeness (QED) is 0.630. The predicted octanol–water partition coefficient (Wildman–Crippen LogP) is 4.42. The van der Waals surface area contributed by atoms with Gasteiger partial charge >= 0.3 is 6.18 Å². The Kier molecular flexibility index (Phi) is 4.42. The molecule has 0 bridgehead atoms. The van der Waals surface area contributed by atoms with Crippen LogP contribution in [-0.4, -0.2) is 28.0 Å². The number of benzene rings is 1. The fourth-order valence-corrected chi connectivity index (χ4v) is 3.85. The van der Waals surface area contributed by atoms with Crippen LogP contribution in [-0.2, 0) is 32.1 Å². The van der Waals surface area contributed by atoms with Crippen LogP contribution < -0.4 is 0 Å². The molecule has 0 saturated heterocycles. The fourth-order valence-electron chi connectivity index (χ4n) is 3.85. The van der Waals surface area contributed by atoms with E-state index in [1.54, 1.807) is 12.3 Å². The molecule has 4 rings (SSSR count). The molecule has 0 aliphatic carbocycles. The van der Waals surface area contributed by atoms with Gasteiger partial charge in [0, 0.05) is 48.8 Å². The maximum Gasteiger partial charge on any atom is 0.416 e. The highest BCUT2D eigenvalue weighted by molar-refractivity contribution is 5.86. The minimum Gasteiger partial charge on any atom is -0.344 e. The van der Waals surface area contributed by atoms with Gasteiger partial charge in [0.05, 0.1) is 11.8 Å². The molecule has 27 heavy (non-hydrogen) atoms. The van der Waals surface area contributed by atoms with E-state index >= 15 is 0 Å². The van der Waals surface area contributed by atoms with Gasteiger partial charge in [-0.15, -0.1) is 0 Å². The zero-order chi connectivity index (χ0) is 19.2. The van der Waals surface area contributed by atoms with Crippen molar-refractivity contribution < 1.29 is 17.6 Å². The topological polar surface area (TPSA) is 21.1 Å². The minimum absolute atomic E-state index is 0.386. The summed E-state index contributed by atoms with van der Waals surface area (Å²) in [5, 5.41) is 0.656. The number of hydrogen-bond donors (Lipinski definition) is 0. The molecule has 0 radical (unpaired) electrons. The molecule has 0 spiro atoms. The predicted molar refractivity (Wildman–Crippen MR) is 94.9 cm³/mol. The summed E-state index contributed by atoms with van der Waals surface area (Å²) in [5.41, 5.74) is 2.98. The molecule has 0 N–H and O–H groups in total. The van der Waals surface area contributed by atoms with Gasteiger partial charge in [0.15, 0.2) is 0 Å². The number of aromatic nitrogens is 2. The molecule has 1 aliphatic heterocycles. The molecule has 1 aromatic carbocycles. The Labute approximate surface area is 154 Å². The SMILES string of the molecule is CN1CCc2c(c3cc(C(F)(F)F)ccc3n2CCc2cncc(F)c2)C1. The van der Waals surface area contributed by atoms with Crippen molar-refractivity contribution in [1.29, 1.82) is 0 Å². The lowest BCUT2D eigenvalue weighted by molar-refractivity contribution is -0.137. The van der Waals surface area contributed by atoms with Crippen molar-refractivity contribution in [2.75, 3.05) is 13.6 Å². The van der Waals surface area contributed by atoms with Gasteiger partial charge in [-0.2, -0.15) is 13.2 Å². The molecule has 0 fully saturated rings. The Morgan fingerprint density at radius 1 is 1.15 bits per heavy atom. The van der Waals surface area contributed by atoms with Crippen molar-refractivity contribution in [2.45, 2.75) is 32.1 Å². The van der Waals surface area contributed by atoms with E-state index in [4.69, 9.17) is 0 Å². The Bertz CT molecular complexity index is 991. The van der Waals surface area contributed by atoms with E-state index in [2.05, 4.69) is 14.5 Å². The van der Waals surface area contributed by atoms with Crippen LogP contribution in [0.3, 0.4) is 0 Å². The molecule has 3 nitrogen and oxygen atoms in total. The van der Waals surface area contributed by atoms with Gasteiger partial charge in [-0.05, 0) is 48.9 Å². The maximum atomic E-state index is 13.4. The third-order valence-corrected chi connectivity index (χ3v) is 5.16. The van der Waals surface area contributed by atoms with Crippen LogP contribution in [0.1, 0.15) is 22.4 Å². The lowest BCUT2D eigenvalue weighted by atomic mass is 10.0. The highest BCUT2D eigenvalue weighted by Gasteiger charge is 2.32. The van der Waals surface area contributed by atoms with Gasteiger partial charge in [0.2, 0.25) is 0 Å². The average molecular weight is 377 g/mol. The summed E-state index contributed by atoms with van der Waals surface area (Å²) in [6.45, 7) is 2.06. The normalized spacial score (nSPS) is 15.3. The molecule has 0 unspecified atom stereocenters. The molecule has 0 saturated carbocycles. The zero-order valence-electron chi connectivity index (χ0n) is 14.9. The summed E-state index contributed by atoms with van der Waals surface area (Å²) in [4.78, 5) is 5.98. The summed E-state index contributed by atoms with van der Waals surface area (Å²) in [7, 11) is 1.97. The Morgan fingerprint density at radius 2 is 1.96 bits per heavy atom. The number of nitrogens with zero attached hydrogens (tertiary/aromatic N) is 3. The van der Waals surface area contributed by atoms with Crippen LogP contribution in [0.25, 0.3) is 10.9 Å². The van der Waals surface area contributed by atoms with E-state index in [0.717, 1.165) is 47.6 Å². The van der Waals surface area contributed by atoms with Gasteiger partial charge in [0.25, 0.3) is 0 Å². The first-order valence-corrected chi connectivity index (χ1v) is 8.82. The number of halogens is 4. The third kappa shape index (κ3) is 3.43. The number of likely N-dealkylation sites (N-methyl/N-ethyl adjacent to an activating group) is 1. The first kappa shape index (κ1) is 18.0. The fraction of sp³-hybridized carbons (Fsp3) is 0.350. The van der Waals surface area contributed by atoms with Gasteiger partial charge in [-0.3, -0.25) is 4.98 Å². The first-order chi connectivity index (χ1) is 12.8. The monoisotopic (exact) mass is 377 g/mol. The van der Waals surface area contributed by atoms with Gasteiger partial charge < -0.3 is 9.47 Å². The Morgan fingerprint density at radius 3 is 2.70 bits per heavy atom. The molecule has 1 aliphatic rings. The van der Waals surface area contributed by atoms with Gasteiger partial charge in [-0.1, -0.05) is 0 Å². The molecule has 0 amide bonds.